The molecule has 1 fully saturated rings. The molecule has 4 aromatic rings. The Balaban J connectivity index is 1.28. The van der Waals surface area contributed by atoms with Crippen molar-refractivity contribution in [2.24, 2.45) is 0 Å². The summed E-state index contributed by atoms with van der Waals surface area (Å²) in [7, 11) is 2.04. The molecule has 1 aliphatic heterocycles. The van der Waals surface area contributed by atoms with Gasteiger partial charge in [-0.3, -0.25) is 0 Å². The van der Waals surface area contributed by atoms with Crippen LogP contribution in [0, 0.1) is 6.92 Å². The number of pyridine rings is 2. The standard InChI is InChI=1S/C25H29N7S/c1-18-3-5-20(6-4-18)31(2)23-8-7-21-24(30-23)33-25(28-21)29-22-17-19(9-11-27-22)10-14-32-15-12-26-13-16-32/h3-9,11,17,26H,10,12-16H2,1-2H3,(H,27,28,29). The highest BCUT2D eigenvalue weighted by Gasteiger charge is 2.12. The molecule has 5 rings (SSSR count). The molecule has 0 atom stereocenters. The number of piperazine rings is 1. The number of aryl methyl sites for hydroxylation is 1. The van der Waals surface area contributed by atoms with Crippen LogP contribution in [0.4, 0.5) is 22.5 Å². The van der Waals surface area contributed by atoms with Crippen LogP contribution in [0.1, 0.15) is 11.1 Å². The van der Waals surface area contributed by atoms with Crippen molar-refractivity contribution < 1.29 is 0 Å². The molecule has 7 nitrogen and oxygen atoms in total. The molecule has 0 aliphatic carbocycles. The molecular formula is C25H29N7S. The minimum absolute atomic E-state index is 0.805. The van der Waals surface area contributed by atoms with E-state index >= 15 is 0 Å². The molecule has 170 valence electrons. The Morgan fingerprint density at radius 3 is 2.70 bits per heavy atom. The fraction of sp³-hybridized carbons (Fsp3) is 0.320. The second-order valence-electron chi connectivity index (χ2n) is 8.42. The highest BCUT2D eigenvalue weighted by Crippen LogP contribution is 2.30. The van der Waals surface area contributed by atoms with Gasteiger partial charge in [0.25, 0.3) is 0 Å². The summed E-state index contributed by atoms with van der Waals surface area (Å²) in [6, 6.07) is 16.7. The van der Waals surface area contributed by atoms with E-state index in [9.17, 15) is 0 Å². The number of hydrogen-bond donors (Lipinski definition) is 2. The third-order valence-electron chi connectivity index (χ3n) is 5.99. The second-order valence-corrected chi connectivity index (χ2v) is 9.40. The van der Waals surface area contributed by atoms with E-state index in [1.54, 1.807) is 11.3 Å². The summed E-state index contributed by atoms with van der Waals surface area (Å²) in [5.41, 5.74) is 4.53. The third-order valence-corrected chi connectivity index (χ3v) is 6.87. The molecule has 8 heteroatoms. The van der Waals surface area contributed by atoms with Gasteiger partial charge in [-0.2, -0.15) is 0 Å². The number of benzene rings is 1. The molecule has 2 N–H and O–H groups in total. The summed E-state index contributed by atoms with van der Waals surface area (Å²) in [6.07, 6.45) is 2.89. The summed E-state index contributed by atoms with van der Waals surface area (Å²) in [4.78, 5) is 19.6. The van der Waals surface area contributed by atoms with Gasteiger partial charge in [0.15, 0.2) is 5.13 Å². The molecular weight excluding hydrogens is 430 g/mol. The van der Waals surface area contributed by atoms with Gasteiger partial charge in [0, 0.05) is 51.7 Å². The predicted octanol–water partition coefficient (Wildman–Crippen LogP) is 4.35. The smallest absolute Gasteiger partial charge is 0.190 e. The van der Waals surface area contributed by atoms with Crippen LogP contribution in [-0.4, -0.2) is 59.6 Å². The number of thiazole rings is 1. The van der Waals surface area contributed by atoms with Gasteiger partial charge in [-0.25, -0.2) is 15.0 Å². The number of nitrogens with one attached hydrogen (secondary N) is 2. The topological polar surface area (TPSA) is 69.2 Å². The summed E-state index contributed by atoms with van der Waals surface area (Å²) in [6.45, 7) is 7.57. The molecule has 0 saturated carbocycles. The van der Waals surface area contributed by atoms with Crippen molar-refractivity contribution in [3.8, 4) is 0 Å². The van der Waals surface area contributed by atoms with Gasteiger partial charge < -0.3 is 20.4 Å². The Morgan fingerprint density at radius 1 is 1.06 bits per heavy atom. The highest BCUT2D eigenvalue weighted by molar-refractivity contribution is 7.21. The normalized spacial score (nSPS) is 14.5. The van der Waals surface area contributed by atoms with E-state index in [1.807, 2.05) is 25.4 Å². The van der Waals surface area contributed by atoms with Crippen molar-refractivity contribution in [1.29, 1.82) is 0 Å². The molecule has 0 unspecified atom stereocenters. The Morgan fingerprint density at radius 2 is 1.88 bits per heavy atom. The molecule has 1 saturated heterocycles. The van der Waals surface area contributed by atoms with E-state index in [0.29, 0.717) is 0 Å². The second kappa shape index (κ2) is 9.82. The summed E-state index contributed by atoms with van der Waals surface area (Å²) >= 11 is 1.55. The molecule has 0 amide bonds. The largest absolute Gasteiger partial charge is 0.329 e. The van der Waals surface area contributed by atoms with Crippen molar-refractivity contribution in [2.45, 2.75) is 13.3 Å². The summed E-state index contributed by atoms with van der Waals surface area (Å²) in [5, 5.41) is 7.59. The van der Waals surface area contributed by atoms with Gasteiger partial charge in [-0.15, -0.1) is 0 Å². The first-order valence-corrected chi connectivity index (χ1v) is 12.2. The number of nitrogens with zero attached hydrogens (tertiary/aromatic N) is 5. The number of anilines is 4. The Hall–Kier alpha value is -3.07. The lowest BCUT2D eigenvalue weighted by Crippen LogP contribution is -2.44. The quantitative estimate of drug-likeness (QED) is 0.426. The maximum Gasteiger partial charge on any atom is 0.190 e. The van der Waals surface area contributed by atoms with Crippen LogP contribution in [0.2, 0.25) is 0 Å². The Kier molecular flexibility index (Phi) is 6.48. The van der Waals surface area contributed by atoms with E-state index in [4.69, 9.17) is 9.97 Å². The lowest BCUT2D eigenvalue weighted by atomic mass is 10.2. The van der Waals surface area contributed by atoms with Gasteiger partial charge in [0.1, 0.15) is 22.0 Å². The van der Waals surface area contributed by atoms with Crippen LogP contribution >= 0.6 is 11.3 Å². The van der Waals surface area contributed by atoms with E-state index < -0.39 is 0 Å². The van der Waals surface area contributed by atoms with Crippen LogP contribution < -0.4 is 15.5 Å². The lowest BCUT2D eigenvalue weighted by molar-refractivity contribution is 0.244. The average Bonchev–Trinajstić information content (AvgIpc) is 3.25. The van der Waals surface area contributed by atoms with Crippen LogP contribution in [0.25, 0.3) is 10.3 Å². The molecule has 0 bridgehead atoms. The number of fused-ring (bicyclic) bond motifs is 1. The zero-order valence-corrected chi connectivity index (χ0v) is 19.9. The van der Waals surface area contributed by atoms with Crippen molar-refractivity contribution >= 4 is 44.1 Å². The van der Waals surface area contributed by atoms with Crippen molar-refractivity contribution in [3.63, 3.8) is 0 Å². The average molecular weight is 460 g/mol. The SMILES string of the molecule is Cc1ccc(N(C)c2ccc3nc(Nc4cc(CCN5CCNCC5)ccn4)sc3n2)cc1. The maximum absolute atomic E-state index is 4.85. The molecule has 3 aromatic heterocycles. The highest BCUT2D eigenvalue weighted by atomic mass is 32.1. The number of rotatable bonds is 7. The first-order chi connectivity index (χ1) is 16.1. The van der Waals surface area contributed by atoms with Gasteiger partial charge in [0.05, 0.1) is 0 Å². The first kappa shape index (κ1) is 21.8. The van der Waals surface area contributed by atoms with Crippen molar-refractivity contribution in [3.05, 3.63) is 65.9 Å². The van der Waals surface area contributed by atoms with Gasteiger partial charge in [-0.1, -0.05) is 29.0 Å². The molecule has 0 spiro atoms. The van der Waals surface area contributed by atoms with Gasteiger partial charge in [-0.05, 0) is 55.3 Å². The molecule has 1 aliphatic rings. The number of hydrogen-bond acceptors (Lipinski definition) is 8. The van der Waals surface area contributed by atoms with Gasteiger partial charge >= 0.3 is 0 Å². The van der Waals surface area contributed by atoms with E-state index in [2.05, 4.69) is 68.7 Å². The molecule has 0 radical (unpaired) electrons. The Labute approximate surface area is 198 Å². The lowest BCUT2D eigenvalue weighted by Gasteiger charge is -2.27. The van der Waals surface area contributed by atoms with Crippen LogP contribution in [0.15, 0.2) is 54.7 Å². The van der Waals surface area contributed by atoms with Gasteiger partial charge in [0.2, 0.25) is 0 Å². The van der Waals surface area contributed by atoms with Crippen LogP contribution in [-0.2, 0) is 6.42 Å². The van der Waals surface area contributed by atoms with E-state index in [-0.39, 0.29) is 0 Å². The van der Waals surface area contributed by atoms with Crippen molar-refractivity contribution in [2.75, 3.05) is 50.0 Å². The van der Waals surface area contributed by atoms with E-state index in [1.165, 1.54) is 11.1 Å². The molecule has 4 heterocycles. The molecule has 1 aromatic carbocycles. The summed E-state index contributed by atoms with van der Waals surface area (Å²) < 4.78 is 0. The predicted molar refractivity (Wildman–Crippen MR) is 137 cm³/mol. The number of aromatic nitrogens is 3. The van der Waals surface area contributed by atoms with Crippen LogP contribution in [0.5, 0.6) is 0 Å². The minimum atomic E-state index is 0.805. The fourth-order valence-corrected chi connectivity index (χ4v) is 4.82. The zero-order valence-electron chi connectivity index (χ0n) is 19.1. The molecule has 33 heavy (non-hydrogen) atoms. The Bertz CT molecular complexity index is 1220. The van der Waals surface area contributed by atoms with E-state index in [0.717, 1.165) is 71.9 Å². The minimum Gasteiger partial charge on any atom is -0.329 e. The fourth-order valence-electron chi connectivity index (χ4n) is 3.98. The van der Waals surface area contributed by atoms with Crippen molar-refractivity contribution in [1.82, 2.24) is 25.2 Å². The summed E-state index contributed by atoms with van der Waals surface area (Å²) in [5.74, 6) is 1.72. The third kappa shape index (κ3) is 5.30. The first-order valence-electron chi connectivity index (χ1n) is 11.4. The maximum atomic E-state index is 4.85. The monoisotopic (exact) mass is 459 g/mol. The van der Waals surface area contributed by atoms with Crippen LogP contribution in [0.3, 0.4) is 0 Å². The zero-order chi connectivity index (χ0) is 22.6.